The largest absolute Gasteiger partial charge is 0.342 e. The van der Waals surface area contributed by atoms with Crippen molar-refractivity contribution in [3.8, 4) is 0 Å². The molecule has 0 aliphatic carbocycles. The summed E-state index contributed by atoms with van der Waals surface area (Å²) < 4.78 is 13.5. The van der Waals surface area contributed by atoms with Crippen molar-refractivity contribution in [2.75, 3.05) is 26.2 Å². The maximum atomic E-state index is 13.5. The zero-order valence-corrected chi connectivity index (χ0v) is 14.4. The molecular weight excluding hydrogens is 315 g/mol. The van der Waals surface area contributed by atoms with E-state index in [4.69, 9.17) is 11.6 Å². The maximum absolute atomic E-state index is 13.5. The van der Waals surface area contributed by atoms with Gasteiger partial charge in [-0.05, 0) is 62.4 Å². The van der Waals surface area contributed by atoms with Crippen LogP contribution in [0.15, 0.2) is 18.2 Å². The molecule has 1 spiro atoms. The van der Waals surface area contributed by atoms with Crippen LogP contribution in [0.3, 0.4) is 0 Å². The molecule has 3 rings (SSSR count). The fourth-order valence-electron chi connectivity index (χ4n) is 3.88. The number of nitrogens with zero attached hydrogens (tertiary/aromatic N) is 2. The summed E-state index contributed by atoms with van der Waals surface area (Å²) in [6.07, 6.45) is 3.95. The van der Waals surface area contributed by atoms with E-state index in [0.717, 1.165) is 57.5 Å². The monoisotopic (exact) mass is 338 g/mol. The Hall–Kier alpha value is -1.13. The standard InChI is InChI=1S/C18H24ClFN2O/c1-2-22-13-18(6-5-17(22)23)7-9-21(10-8-18)12-14-3-4-15(19)16(20)11-14/h3-4,11H,2,5-10,12-13H2,1H3. The van der Waals surface area contributed by atoms with Crippen molar-refractivity contribution in [1.82, 2.24) is 9.80 Å². The third-order valence-electron chi connectivity index (χ3n) is 5.44. The van der Waals surface area contributed by atoms with Gasteiger partial charge in [0.2, 0.25) is 5.91 Å². The number of hydrogen-bond acceptors (Lipinski definition) is 2. The summed E-state index contributed by atoms with van der Waals surface area (Å²) in [6, 6.07) is 5.06. The molecule has 2 aliphatic heterocycles. The summed E-state index contributed by atoms with van der Waals surface area (Å²) in [5.74, 6) is -0.0424. The van der Waals surface area contributed by atoms with Gasteiger partial charge in [0.05, 0.1) is 5.02 Å². The normalized spacial score (nSPS) is 21.9. The van der Waals surface area contributed by atoms with Crippen molar-refractivity contribution in [2.24, 2.45) is 5.41 Å². The van der Waals surface area contributed by atoms with E-state index in [1.807, 2.05) is 11.0 Å². The molecule has 0 unspecified atom stereocenters. The predicted molar refractivity (Wildman–Crippen MR) is 89.8 cm³/mol. The van der Waals surface area contributed by atoms with Crippen LogP contribution in [0.2, 0.25) is 5.02 Å². The van der Waals surface area contributed by atoms with Gasteiger partial charge in [0, 0.05) is 26.1 Å². The molecular formula is C18H24ClFN2O. The Labute approximate surface area is 142 Å². The topological polar surface area (TPSA) is 23.6 Å². The Morgan fingerprint density at radius 1 is 1.26 bits per heavy atom. The second-order valence-corrected chi connectivity index (χ2v) is 7.34. The number of likely N-dealkylation sites (tertiary alicyclic amines) is 2. The number of rotatable bonds is 3. The summed E-state index contributed by atoms with van der Waals surface area (Å²) in [6.45, 7) is 6.56. The molecule has 0 saturated carbocycles. The molecule has 2 saturated heterocycles. The van der Waals surface area contributed by atoms with E-state index in [2.05, 4.69) is 11.8 Å². The average molecular weight is 339 g/mol. The molecule has 2 fully saturated rings. The molecule has 0 atom stereocenters. The SMILES string of the molecule is CCN1CC2(CCC1=O)CCN(Cc1ccc(Cl)c(F)c1)CC2. The van der Waals surface area contributed by atoms with Gasteiger partial charge in [0.15, 0.2) is 0 Å². The van der Waals surface area contributed by atoms with Gasteiger partial charge in [-0.2, -0.15) is 0 Å². The smallest absolute Gasteiger partial charge is 0.222 e. The highest BCUT2D eigenvalue weighted by atomic mass is 35.5. The van der Waals surface area contributed by atoms with E-state index in [1.54, 1.807) is 6.07 Å². The van der Waals surface area contributed by atoms with Gasteiger partial charge < -0.3 is 4.90 Å². The molecule has 5 heteroatoms. The summed E-state index contributed by atoms with van der Waals surface area (Å²) >= 11 is 5.74. The number of carbonyl (C=O) groups excluding carboxylic acids is 1. The maximum Gasteiger partial charge on any atom is 0.222 e. The molecule has 0 aromatic heterocycles. The van der Waals surface area contributed by atoms with E-state index < -0.39 is 0 Å². The summed E-state index contributed by atoms with van der Waals surface area (Å²) in [7, 11) is 0. The highest BCUT2D eigenvalue weighted by molar-refractivity contribution is 6.30. The zero-order valence-electron chi connectivity index (χ0n) is 13.7. The summed E-state index contributed by atoms with van der Waals surface area (Å²) in [5, 5.41) is 0.179. The lowest BCUT2D eigenvalue weighted by Crippen LogP contribution is -2.51. The summed E-state index contributed by atoms with van der Waals surface area (Å²) in [4.78, 5) is 16.3. The van der Waals surface area contributed by atoms with Crippen LogP contribution in [0.25, 0.3) is 0 Å². The van der Waals surface area contributed by atoms with Crippen LogP contribution in [0, 0.1) is 11.2 Å². The van der Waals surface area contributed by atoms with Crippen LogP contribution < -0.4 is 0 Å². The van der Waals surface area contributed by atoms with Gasteiger partial charge >= 0.3 is 0 Å². The van der Waals surface area contributed by atoms with E-state index in [-0.39, 0.29) is 10.8 Å². The van der Waals surface area contributed by atoms with Crippen molar-refractivity contribution in [2.45, 2.75) is 39.2 Å². The van der Waals surface area contributed by atoms with Crippen LogP contribution in [-0.4, -0.2) is 41.9 Å². The third kappa shape index (κ3) is 3.69. The van der Waals surface area contributed by atoms with Gasteiger partial charge in [-0.3, -0.25) is 9.69 Å². The first kappa shape index (κ1) is 16.7. The van der Waals surface area contributed by atoms with Crippen molar-refractivity contribution in [3.63, 3.8) is 0 Å². The molecule has 1 aromatic carbocycles. The zero-order chi connectivity index (χ0) is 16.4. The number of halogens is 2. The van der Waals surface area contributed by atoms with Gasteiger partial charge in [-0.1, -0.05) is 17.7 Å². The second kappa shape index (κ2) is 6.78. The van der Waals surface area contributed by atoms with E-state index in [0.29, 0.717) is 17.7 Å². The van der Waals surface area contributed by atoms with Crippen molar-refractivity contribution in [1.29, 1.82) is 0 Å². The molecule has 0 N–H and O–H groups in total. The van der Waals surface area contributed by atoms with E-state index in [1.165, 1.54) is 6.07 Å². The molecule has 2 aliphatic rings. The number of carbonyl (C=O) groups is 1. The first-order valence-corrected chi connectivity index (χ1v) is 8.83. The molecule has 0 radical (unpaired) electrons. The number of benzene rings is 1. The lowest BCUT2D eigenvalue weighted by atomic mass is 9.72. The molecule has 1 amide bonds. The second-order valence-electron chi connectivity index (χ2n) is 6.93. The Balaban J connectivity index is 1.58. The van der Waals surface area contributed by atoms with Crippen LogP contribution in [-0.2, 0) is 11.3 Å². The Morgan fingerprint density at radius 3 is 2.65 bits per heavy atom. The predicted octanol–water partition coefficient (Wildman–Crippen LogP) is 3.70. The molecule has 23 heavy (non-hydrogen) atoms. The molecule has 3 nitrogen and oxygen atoms in total. The third-order valence-corrected chi connectivity index (χ3v) is 5.74. The Bertz CT molecular complexity index is 584. The van der Waals surface area contributed by atoms with Crippen LogP contribution in [0.1, 0.15) is 38.2 Å². The van der Waals surface area contributed by atoms with Crippen molar-refractivity contribution in [3.05, 3.63) is 34.6 Å². The molecule has 2 heterocycles. The minimum absolute atomic E-state index is 0.179. The van der Waals surface area contributed by atoms with Crippen LogP contribution >= 0.6 is 11.6 Å². The molecule has 0 bridgehead atoms. The molecule has 1 aromatic rings. The van der Waals surface area contributed by atoms with Gasteiger partial charge in [-0.15, -0.1) is 0 Å². The minimum atomic E-state index is -0.345. The quantitative estimate of drug-likeness (QED) is 0.839. The fraction of sp³-hybridized carbons (Fsp3) is 0.611. The van der Waals surface area contributed by atoms with E-state index >= 15 is 0 Å². The highest BCUT2D eigenvalue weighted by Gasteiger charge is 2.40. The van der Waals surface area contributed by atoms with Gasteiger partial charge in [0.25, 0.3) is 0 Å². The van der Waals surface area contributed by atoms with Crippen molar-refractivity contribution < 1.29 is 9.18 Å². The van der Waals surface area contributed by atoms with Crippen molar-refractivity contribution >= 4 is 17.5 Å². The molecule has 126 valence electrons. The van der Waals surface area contributed by atoms with Crippen LogP contribution in [0.5, 0.6) is 0 Å². The number of amides is 1. The lowest BCUT2D eigenvalue weighted by Gasteiger charge is -2.47. The number of piperidine rings is 2. The average Bonchev–Trinajstić information content (AvgIpc) is 2.56. The van der Waals surface area contributed by atoms with E-state index in [9.17, 15) is 9.18 Å². The lowest BCUT2D eigenvalue weighted by molar-refractivity contribution is -0.138. The first-order chi connectivity index (χ1) is 11.0. The highest BCUT2D eigenvalue weighted by Crippen LogP contribution is 2.40. The Morgan fingerprint density at radius 2 is 2.00 bits per heavy atom. The Kier molecular flexibility index (Phi) is 4.93. The van der Waals surface area contributed by atoms with Gasteiger partial charge in [-0.25, -0.2) is 4.39 Å². The van der Waals surface area contributed by atoms with Gasteiger partial charge in [0.1, 0.15) is 5.82 Å². The van der Waals surface area contributed by atoms with Crippen LogP contribution in [0.4, 0.5) is 4.39 Å². The first-order valence-electron chi connectivity index (χ1n) is 8.45. The fourth-order valence-corrected chi connectivity index (χ4v) is 4.00. The minimum Gasteiger partial charge on any atom is -0.342 e. The number of hydrogen-bond donors (Lipinski definition) is 0. The summed E-state index contributed by atoms with van der Waals surface area (Å²) in [5.41, 5.74) is 1.27.